The molecule has 1 fully saturated rings. The third kappa shape index (κ3) is 5.45. The highest BCUT2D eigenvalue weighted by atomic mass is 35.5. The highest BCUT2D eigenvalue weighted by Crippen LogP contribution is 2.31. The molecule has 152 valence electrons. The van der Waals surface area contributed by atoms with Gasteiger partial charge in [-0.1, -0.05) is 23.7 Å². The Bertz CT molecular complexity index is 928. The van der Waals surface area contributed by atoms with Gasteiger partial charge in [0.05, 0.1) is 10.5 Å². The van der Waals surface area contributed by atoms with Crippen LogP contribution in [0.25, 0.3) is 0 Å². The second kappa shape index (κ2) is 9.38. The molecule has 1 amide bonds. The van der Waals surface area contributed by atoms with Crippen molar-refractivity contribution in [1.82, 2.24) is 5.32 Å². The molecule has 8 nitrogen and oxygen atoms in total. The van der Waals surface area contributed by atoms with Crippen molar-refractivity contribution in [3.8, 4) is 0 Å². The number of amides is 1. The Labute approximate surface area is 172 Å². The molecule has 0 unspecified atom stereocenters. The van der Waals surface area contributed by atoms with Gasteiger partial charge in [0.2, 0.25) is 0 Å². The van der Waals surface area contributed by atoms with Crippen molar-refractivity contribution in [3.63, 3.8) is 0 Å². The molecule has 3 rings (SSSR count). The number of ether oxygens (including phenoxy) is 1. The van der Waals surface area contributed by atoms with Crippen LogP contribution in [0.4, 0.5) is 11.4 Å². The van der Waals surface area contributed by atoms with E-state index in [0.717, 1.165) is 31.5 Å². The number of nitrogens with one attached hydrogen (secondary N) is 1. The van der Waals surface area contributed by atoms with Gasteiger partial charge in [0.15, 0.2) is 6.61 Å². The minimum absolute atomic E-state index is 0.0299. The summed E-state index contributed by atoms with van der Waals surface area (Å²) >= 11 is 5.89. The Hall–Kier alpha value is -3.13. The zero-order chi connectivity index (χ0) is 20.8. The van der Waals surface area contributed by atoms with E-state index >= 15 is 0 Å². The number of nitro benzene ring substituents is 1. The minimum atomic E-state index is -0.793. The van der Waals surface area contributed by atoms with Gasteiger partial charge < -0.3 is 15.0 Å². The number of rotatable bonds is 7. The Balaban J connectivity index is 1.57. The molecule has 1 heterocycles. The lowest BCUT2D eigenvalue weighted by Crippen LogP contribution is -2.28. The van der Waals surface area contributed by atoms with Crippen molar-refractivity contribution in [1.29, 1.82) is 0 Å². The van der Waals surface area contributed by atoms with Crippen molar-refractivity contribution in [2.45, 2.75) is 19.4 Å². The fraction of sp³-hybridized carbons (Fsp3) is 0.300. The van der Waals surface area contributed by atoms with Crippen molar-refractivity contribution in [2.24, 2.45) is 0 Å². The largest absolute Gasteiger partial charge is 0.452 e. The Morgan fingerprint density at radius 2 is 1.93 bits per heavy atom. The number of nitrogens with zero attached hydrogens (tertiary/aromatic N) is 2. The van der Waals surface area contributed by atoms with E-state index < -0.39 is 23.4 Å². The van der Waals surface area contributed by atoms with Gasteiger partial charge in [0.25, 0.3) is 11.6 Å². The summed E-state index contributed by atoms with van der Waals surface area (Å²) in [5.74, 6) is -1.28. The van der Waals surface area contributed by atoms with Gasteiger partial charge in [-0.3, -0.25) is 14.9 Å². The molecule has 9 heteroatoms. The van der Waals surface area contributed by atoms with Crippen LogP contribution >= 0.6 is 11.6 Å². The molecule has 0 saturated carbocycles. The minimum Gasteiger partial charge on any atom is -0.452 e. The SMILES string of the molecule is O=C(COC(=O)c1ccc(N2CCCC2)c([N+](=O)[O-])c1)NCc1cccc(Cl)c1. The summed E-state index contributed by atoms with van der Waals surface area (Å²) in [6.45, 7) is 1.25. The molecule has 1 N–H and O–H groups in total. The predicted molar refractivity (Wildman–Crippen MR) is 108 cm³/mol. The standard InChI is InChI=1S/C20H20ClN3O5/c21-16-5-3-4-14(10-16)12-22-19(25)13-29-20(26)15-6-7-17(18(11-15)24(27)28)23-8-1-2-9-23/h3-7,10-11H,1-2,8-9,12-13H2,(H,22,25). The van der Waals surface area contributed by atoms with Gasteiger partial charge in [0, 0.05) is 30.7 Å². The Morgan fingerprint density at radius 3 is 2.62 bits per heavy atom. The summed E-state index contributed by atoms with van der Waals surface area (Å²) in [4.78, 5) is 37.0. The van der Waals surface area contributed by atoms with Crippen LogP contribution in [-0.2, 0) is 16.1 Å². The lowest BCUT2D eigenvalue weighted by Gasteiger charge is -2.17. The first-order valence-electron chi connectivity index (χ1n) is 9.15. The van der Waals surface area contributed by atoms with Crippen molar-refractivity contribution < 1.29 is 19.2 Å². The molecule has 0 radical (unpaired) electrons. The average Bonchev–Trinajstić information content (AvgIpc) is 3.24. The maximum absolute atomic E-state index is 12.2. The molecular weight excluding hydrogens is 398 g/mol. The molecule has 0 aromatic heterocycles. The first kappa shape index (κ1) is 20.6. The first-order chi connectivity index (χ1) is 13.9. The quantitative estimate of drug-likeness (QED) is 0.421. The number of nitro groups is 1. The number of esters is 1. The number of benzene rings is 2. The third-order valence-corrected chi connectivity index (χ3v) is 4.80. The third-order valence-electron chi connectivity index (χ3n) is 4.57. The molecule has 2 aromatic carbocycles. The second-order valence-corrected chi connectivity index (χ2v) is 7.07. The zero-order valence-corrected chi connectivity index (χ0v) is 16.4. The number of carbonyl (C=O) groups excluding carboxylic acids is 2. The normalized spacial score (nSPS) is 13.2. The molecule has 0 spiro atoms. The van der Waals surface area contributed by atoms with E-state index in [-0.39, 0.29) is 17.8 Å². The number of halogens is 1. The van der Waals surface area contributed by atoms with Crippen LogP contribution in [-0.4, -0.2) is 36.5 Å². The van der Waals surface area contributed by atoms with Crippen LogP contribution in [0.5, 0.6) is 0 Å². The lowest BCUT2D eigenvalue weighted by atomic mass is 10.1. The van der Waals surface area contributed by atoms with Gasteiger partial charge >= 0.3 is 5.97 Å². The number of carbonyl (C=O) groups is 2. The number of hydrogen-bond acceptors (Lipinski definition) is 6. The highest BCUT2D eigenvalue weighted by Gasteiger charge is 2.24. The lowest BCUT2D eigenvalue weighted by molar-refractivity contribution is -0.384. The van der Waals surface area contributed by atoms with Gasteiger partial charge in [-0.2, -0.15) is 0 Å². The van der Waals surface area contributed by atoms with E-state index in [4.69, 9.17) is 16.3 Å². The molecule has 1 saturated heterocycles. The van der Waals surface area contributed by atoms with Gasteiger partial charge in [-0.25, -0.2) is 4.79 Å². The van der Waals surface area contributed by atoms with E-state index in [1.807, 2.05) is 4.90 Å². The van der Waals surface area contributed by atoms with Gasteiger partial charge in [0.1, 0.15) is 5.69 Å². The van der Waals surface area contributed by atoms with E-state index in [9.17, 15) is 19.7 Å². The van der Waals surface area contributed by atoms with Crippen LogP contribution in [0, 0.1) is 10.1 Å². The van der Waals surface area contributed by atoms with Crippen molar-refractivity contribution in [2.75, 3.05) is 24.6 Å². The second-order valence-electron chi connectivity index (χ2n) is 6.64. The molecule has 0 atom stereocenters. The Kier molecular flexibility index (Phi) is 6.66. The summed E-state index contributed by atoms with van der Waals surface area (Å²) in [6.07, 6.45) is 1.95. The molecule has 29 heavy (non-hydrogen) atoms. The fourth-order valence-corrected chi connectivity index (χ4v) is 3.35. The molecule has 1 aliphatic heterocycles. The summed E-state index contributed by atoms with van der Waals surface area (Å²) < 4.78 is 4.99. The summed E-state index contributed by atoms with van der Waals surface area (Å²) in [5.41, 5.74) is 1.18. The van der Waals surface area contributed by atoms with Crippen molar-refractivity contribution in [3.05, 3.63) is 68.7 Å². The van der Waals surface area contributed by atoms with E-state index in [1.165, 1.54) is 12.1 Å². The molecule has 0 aliphatic carbocycles. The first-order valence-corrected chi connectivity index (χ1v) is 9.53. The molecular formula is C20H20ClN3O5. The van der Waals surface area contributed by atoms with Crippen LogP contribution in [0.2, 0.25) is 5.02 Å². The predicted octanol–water partition coefficient (Wildman–Crippen LogP) is 3.32. The molecule has 0 bridgehead atoms. The molecule has 1 aliphatic rings. The van der Waals surface area contributed by atoms with Crippen LogP contribution in [0.3, 0.4) is 0 Å². The van der Waals surface area contributed by atoms with E-state index in [1.54, 1.807) is 30.3 Å². The zero-order valence-electron chi connectivity index (χ0n) is 15.6. The number of hydrogen-bond donors (Lipinski definition) is 1. The highest BCUT2D eigenvalue weighted by molar-refractivity contribution is 6.30. The molecule has 2 aromatic rings. The van der Waals surface area contributed by atoms with Gasteiger partial charge in [-0.05, 0) is 42.7 Å². The van der Waals surface area contributed by atoms with Crippen molar-refractivity contribution >= 4 is 34.9 Å². The van der Waals surface area contributed by atoms with E-state index in [2.05, 4.69) is 5.32 Å². The average molecular weight is 418 g/mol. The topological polar surface area (TPSA) is 102 Å². The van der Waals surface area contributed by atoms with E-state index in [0.29, 0.717) is 10.7 Å². The number of anilines is 1. The summed E-state index contributed by atoms with van der Waals surface area (Å²) in [5, 5.41) is 14.6. The van der Waals surface area contributed by atoms with Crippen LogP contribution in [0.15, 0.2) is 42.5 Å². The van der Waals surface area contributed by atoms with Crippen LogP contribution in [0.1, 0.15) is 28.8 Å². The smallest absolute Gasteiger partial charge is 0.338 e. The maximum Gasteiger partial charge on any atom is 0.338 e. The fourth-order valence-electron chi connectivity index (χ4n) is 3.14. The Morgan fingerprint density at radius 1 is 1.17 bits per heavy atom. The maximum atomic E-state index is 12.2. The monoisotopic (exact) mass is 417 g/mol. The summed E-state index contributed by atoms with van der Waals surface area (Å²) in [7, 11) is 0. The summed E-state index contributed by atoms with van der Waals surface area (Å²) in [6, 6.07) is 11.2. The van der Waals surface area contributed by atoms with Crippen LogP contribution < -0.4 is 10.2 Å². The van der Waals surface area contributed by atoms with Gasteiger partial charge in [-0.15, -0.1) is 0 Å².